The van der Waals surface area contributed by atoms with Crippen LogP contribution in [0, 0.1) is 6.92 Å². The minimum Gasteiger partial charge on any atom is -0.366 e. The molecule has 0 aliphatic heterocycles. The normalized spacial score (nSPS) is 10.7. The molecule has 6 heteroatoms. The average Bonchev–Trinajstić information content (AvgIpc) is 2.58. The van der Waals surface area contributed by atoms with Gasteiger partial charge in [0.1, 0.15) is 0 Å². The van der Waals surface area contributed by atoms with E-state index >= 15 is 0 Å². The Morgan fingerprint density at radius 1 is 1.08 bits per heavy atom. The Kier molecular flexibility index (Phi) is 8.98. The topological polar surface area (TPSA) is 79.5 Å². The predicted molar refractivity (Wildman–Crippen MR) is 113 cm³/mol. The predicted octanol–water partition coefficient (Wildman–Crippen LogP) is 2.97. The highest BCUT2D eigenvalue weighted by atomic mass is 127. The van der Waals surface area contributed by atoms with E-state index in [0.29, 0.717) is 18.7 Å². The number of aliphatic imine (C=N–C) groups is 1. The molecule has 0 radical (unpaired) electrons. The third kappa shape index (κ3) is 7.13. The molecule has 2 aromatic carbocycles. The second-order valence-corrected chi connectivity index (χ2v) is 5.60. The summed E-state index contributed by atoms with van der Waals surface area (Å²) in [4.78, 5) is 15.7. The van der Waals surface area contributed by atoms with Crippen LogP contribution in [0.25, 0.3) is 0 Å². The molecular weight excluding hydrogens is 427 g/mol. The molecule has 0 saturated heterocycles. The number of benzene rings is 2. The van der Waals surface area contributed by atoms with Crippen molar-refractivity contribution in [3.8, 4) is 0 Å². The van der Waals surface area contributed by atoms with Gasteiger partial charge in [-0.2, -0.15) is 0 Å². The van der Waals surface area contributed by atoms with Gasteiger partial charge < -0.3 is 16.4 Å². The summed E-state index contributed by atoms with van der Waals surface area (Å²) < 4.78 is 0. The quantitative estimate of drug-likeness (QED) is 0.358. The molecule has 0 bridgehead atoms. The Bertz CT molecular complexity index is 714. The number of carbonyl (C=O) groups is 1. The number of nitrogens with one attached hydrogen (secondary N) is 2. The summed E-state index contributed by atoms with van der Waals surface area (Å²) in [5.74, 6) is 0.348. The maximum absolute atomic E-state index is 11.1. The van der Waals surface area contributed by atoms with Crippen LogP contribution in [0.5, 0.6) is 0 Å². The molecule has 0 spiro atoms. The number of rotatable bonds is 6. The van der Waals surface area contributed by atoms with Gasteiger partial charge in [0, 0.05) is 18.7 Å². The van der Waals surface area contributed by atoms with Crippen LogP contribution >= 0.6 is 24.0 Å². The molecule has 0 atom stereocenters. The minimum absolute atomic E-state index is 0. The van der Waals surface area contributed by atoms with Crippen LogP contribution in [-0.2, 0) is 13.1 Å². The van der Waals surface area contributed by atoms with Gasteiger partial charge in [0.25, 0.3) is 0 Å². The summed E-state index contributed by atoms with van der Waals surface area (Å²) in [6, 6.07) is 15.6. The Balaban J connectivity index is 0.00000312. The first-order chi connectivity index (χ1) is 11.6. The zero-order valence-electron chi connectivity index (χ0n) is 14.6. The molecule has 1 amide bonds. The van der Waals surface area contributed by atoms with E-state index in [1.165, 1.54) is 11.1 Å². The number of halogens is 1. The lowest BCUT2D eigenvalue weighted by atomic mass is 10.1. The van der Waals surface area contributed by atoms with Crippen LogP contribution in [0.2, 0.25) is 0 Å². The molecule has 0 unspecified atom stereocenters. The summed E-state index contributed by atoms with van der Waals surface area (Å²) in [5.41, 5.74) is 9.23. The second-order valence-electron chi connectivity index (χ2n) is 5.60. The maximum Gasteiger partial charge on any atom is 0.248 e. The van der Waals surface area contributed by atoms with E-state index < -0.39 is 5.91 Å². The smallest absolute Gasteiger partial charge is 0.248 e. The largest absolute Gasteiger partial charge is 0.366 e. The number of aryl methyl sites for hydroxylation is 1. The van der Waals surface area contributed by atoms with Gasteiger partial charge in [-0.3, -0.25) is 4.79 Å². The number of amides is 1. The molecule has 2 aromatic rings. The molecule has 0 aromatic heterocycles. The molecule has 2 rings (SSSR count). The zero-order valence-corrected chi connectivity index (χ0v) is 16.9. The summed E-state index contributed by atoms with van der Waals surface area (Å²) in [5, 5.41) is 6.53. The lowest BCUT2D eigenvalue weighted by Gasteiger charge is -2.11. The number of guanidine groups is 1. The van der Waals surface area contributed by atoms with Gasteiger partial charge in [-0.05, 0) is 37.1 Å². The first-order valence-electron chi connectivity index (χ1n) is 8.05. The number of nitrogens with two attached hydrogens (primary N) is 1. The Morgan fingerprint density at radius 3 is 2.40 bits per heavy atom. The third-order valence-corrected chi connectivity index (χ3v) is 3.54. The van der Waals surface area contributed by atoms with Crippen molar-refractivity contribution in [2.75, 3.05) is 6.54 Å². The third-order valence-electron chi connectivity index (χ3n) is 3.54. The molecule has 134 valence electrons. The van der Waals surface area contributed by atoms with Crippen LogP contribution < -0.4 is 16.4 Å². The number of hydrogen-bond donors (Lipinski definition) is 3. The summed E-state index contributed by atoms with van der Waals surface area (Å²) >= 11 is 0. The van der Waals surface area contributed by atoms with E-state index in [1.54, 1.807) is 12.1 Å². The van der Waals surface area contributed by atoms with E-state index in [1.807, 2.05) is 25.1 Å². The fourth-order valence-electron chi connectivity index (χ4n) is 2.30. The molecule has 5 nitrogen and oxygen atoms in total. The molecule has 0 aliphatic rings. The van der Waals surface area contributed by atoms with Gasteiger partial charge >= 0.3 is 0 Å². The van der Waals surface area contributed by atoms with Crippen LogP contribution in [0.15, 0.2) is 53.5 Å². The van der Waals surface area contributed by atoms with Crippen molar-refractivity contribution in [2.45, 2.75) is 26.9 Å². The summed E-state index contributed by atoms with van der Waals surface area (Å²) in [6.45, 7) is 6.15. The van der Waals surface area contributed by atoms with Gasteiger partial charge in [0.05, 0.1) is 6.54 Å². The van der Waals surface area contributed by atoms with E-state index in [2.05, 4.69) is 40.7 Å². The Morgan fingerprint density at radius 2 is 1.80 bits per heavy atom. The van der Waals surface area contributed by atoms with Crippen molar-refractivity contribution < 1.29 is 4.79 Å². The fraction of sp³-hybridized carbons (Fsp3) is 0.263. The highest BCUT2D eigenvalue weighted by Crippen LogP contribution is 2.06. The van der Waals surface area contributed by atoms with Crippen LogP contribution in [0.4, 0.5) is 0 Å². The lowest BCUT2D eigenvalue weighted by molar-refractivity contribution is 0.100. The molecule has 0 saturated carbocycles. The highest BCUT2D eigenvalue weighted by molar-refractivity contribution is 14.0. The number of hydrogen-bond acceptors (Lipinski definition) is 2. The van der Waals surface area contributed by atoms with Crippen molar-refractivity contribution in [1.29, 1.82) is 0 Å². The molecular formula is C19H25IN4O. The van der Waals surface area contributed by atoms with Crippen molar-refractivity contribution in [1.82, 2.24) is 10.6 Å². The van der Waals surface area contributed by atoms with Crippen LogP contribution in [0.3, 0.4) is 0 Å². The zero-order chi connectivity index (χ0) is 17.4. The maximum atomic E-state index is 11.1. The van der Waals surface area contributed by atoms with Crippen molar-refractivity contribution in [3.05, 3.63) is 70.8 Å². The first-order valence-corrected chi connectivity index (χ1v) is 8.05. The fourth-order valence-corrected chi connectivity index (χ4v) is 2.30. The standard InChI is InChI=1S/C19H24N4O.HI/c1-3-21-19(23-13-16-6-4-5-14(2)11-16)22-12-15-7-9-17(10-8-15)18(20)24;/h4-11H,3,12-13H2,1-2H3,(H2,20,24)(H2,21,22,23);1H. The SMILES string of the molecule is CCNC(=NCc1cccc(C)c1)NCc1ccc(C(N)=O)cc1.I. The highest BCUT2D eigenvalue weighted by Gasteiger charge is 2.02. The van der Waals surface area contributed by atoms with Gasteiger partial charge in [-0.25, -0.2) is 4.99 Å². The number of primary amides is 1. The monoisotopic (exact) mass is 452 g/mol. The lowest BCUT2D eigenvalue weighted by Crippen LogP contribution is -2.36. The molecule has 25 heavy (non-hydrogen) atoms. The summed E-state index contributed by atoms with van der Waals surface area (Å²) in [6.07, 6.45) is 0. The van der Waals surface area contributed by atoms with E-state index in [9.17, 15) is 4.79 Å². The first kappa shape index (κ1) is 21.0. The van der Waals surface area contributed by atoms with Crippen molar-refractivity contribution in [2.24, 2.45) is 10.7 Å². The molecule has 0 fully saturated rings. The Hall–Kier alpha value is -2.09. The molecule has 0 aliphatic carbocycles. The van der Waals surface area contributed by atoms with E-state index in [0.717, 1.165) is 18.1 Å². The Labute approximate surface area is 166 Å². The van der Waals surface area contributed by atoms with Crippen LogP contribution in [-0.4, -0.2) is 18.4 Å². The van der Waals surface area contributed by atoms with Gasteiger partial charge in [-0.1, -0.05) is 42.0 Å². The number of nitrogens with zero attached hydrogens (tertiary/aromatic N) is 1. The van der Waals surface area contributed by atoms with Crippen LogP contribution in [0.1, 0.15) is 34.0 Å². The van der Waals surface area contributed by atoms with Gasteiger partial charge in [0.2, 0.25) is 5.91 Å². The van der Waals surface area contributed by atoms with Crippen molar-refractivity contribution >= 4 is 35.8 Å². The van der Waals surface area contributed by atoms with Gasteiger partial charge in [0.15, 0.2) is 5.96 Å². The van der Waals surface area contributed by atoms with Crippen molar-refractivity contribution in [3.63, 3.8) is 0 Å². The minimum atomic E-state index is -0.414. The molecule has 4 N–H and O–H groups in total. The molecule has 0 heterocycles. The van der Waals surface area contributed by atoms with Gasteiger partial charge in [-0.15, -0.1) is 24.0 Å². The van der Waals surface area contributed by atoms with E-state index in [-0.39, 0.29) is 24.0 Å². The van der Waals surface area contributed by atoms with E-state index in [4.69, 9.17) is 5.73 Å². The number of carbonyl (C=O) groups excluding carboxylic acids is 1. The second kappa shape index (κ2) is 10.7. The summed E-state index contributed by atoms with van der Waals surface area (Å²) in [7, 11) is 0. The average molecular weight is 452 g/mol.